The molecular weight excluding hydrogens is 468 g/mol. The van der Waals surface area contributed by atoms with Gasteiger partial charge in [-0.25, -0.2) is 9.59 Å². The maximum absolute atomic E-state index is 13.2. The average Bonchev–Trinajstić information content (AvgIpc) is 3.70. The number of hydrogen-bond acceptors (Lipinski definition) is 5. The number of para-hydroxylation sites is 2. The van der Waals surface area contributed by atoms with Crippen LogP contribution in [0.5, 0.6) is 0 Å². The molecule has 0 spiro atoms. The van der Waals surface area contributed by atoms with Crippen molar-refractivity contribution in [2.45, 2.75) is 37.1 Å². The summed E-state index contributed by atoms with van der Waals surface area (Å²) < 4.78 is 9.31. The number of carbonyl (C=O) groups excluding carboxylic acids is 2. The number of aromatic nitrogens is 2. The van der Waals surface area contributed by atoms with Crippen LogP contribution in [0.15, 0.2) is 85.2 Å². The van der Waals surface area contributed by atoms with Crippen molar-refractivity contribution in [2.24, 2.45) is 0 Å². The zero-order valence-electron chi connectivity index (χ0n) is 19.8. The lowest BCUT2D eigenvalue weighted by Gasteiger charge is -2.12. The molecule has 184 valence electrons. The third kappa shape index (κ3) is 3.35. The summed E-state index contributed by atoms with van der Waals surface area (Å²) in [6, 6.07) is 15.4. The molecule has 0 fully saturated rings. The van der Waals surface area contributed by atoms with Crippen LogP contribution in [0.3, 0.4) is 0 Å². The molecule has 0 amide bonds. The van der Waals surface area contributed by atoms with E-state index in [1.54, 1.807) is 12.2 Å². The van der Waals surface area contributed by atoms with Crippen LogP contribution < -0.4 is 0 Å². The maximum Gasteiger partial charge on any atom is 0.347 e. The molecule has 3 aliphatic rings. The number of aliphatic hydroxyl groups excluding tert-OH is 2. The Balaban J connectivity index is 1.47. The van der Waals surface area contributed by atoms with Gasteiger partial charge in [-0.1, -0.05) is 60.7 Å². The van der Waals surface area contributed by atoms with Gasteiger partial charge in [0, 0.05) is 58.2 Å². The number of nitrogens with zero attached hydrogens (tertiary/aromatic N) is 2. The molecular formula is C30H24N2O5. The largest absolute Gasteiger partial charge is 0.389 e. The second-order valence-corrected chi connectivity index (χ2v) is 9.87. The Kier molecular flexibility index (Phi) is 4.86. The minimum absolute atomic E-state index is 0.0617. The summed E-state index contributed by atoms with van der Waals surface area (Å²) in [6.07, 6.45) is 11.3. The predicted octanol–water partition coefficient (Wildman–Crippen LogP) is 4.31. The molecule has 0 bridgehead atoms. The molecule has 2 aromatic carbocycles. The van der Waals surface area contributed by atoms with Crippen molar-refractivity contribution >= 4 is 44.9 Å². The third-order valence-electron chi connectivity index (χ3n) is 7.65. The Morgan fingerprint density at radius 2 is 1.08 bits per heavy atom. The lowest BCUT2D eigenvalue weighted by molar-refractivity contribution is -0.149. The molecule has 4 aromatic rings. The van der Waals surface area contributed by atoms with Crippen molar-refractivity contribution in [1.29, 1.82) is 0 Å². The van der Waals surface area contributed by atoms with Crippen LogP contribution in [0.25, 0.3) is 33.0 Å². The molecule has 37 heavy (non-hydrogen) atoms. The van der Waals surface area contributed by atoms with Crippen molar-refractivity contribution in [3.8, 4) is 0 Å². The molecule has 1 aliphatic heterocycles. The Hall–Kier alpha value is -4.20. The highest BCUT2D eigenvalue weighted by Crippen LogP contribution is 2.43. The Bertz CT molecular complexity index is 1580. The van der Waals surface area contributed by atoms with E-state index >= 15 is 0 Å². The first-order valence-electron chi connectivity index (χ1n) is 12.4. The monoisotopic (exact) mass is 492 g/mol. The van der Waals surface area contributed by atoms with Gasteiger partial charge in [-0.2, -0.15) is 0 Å². The topological polar surface area (TPSA) is 93.7 Å². The highest BCUT2D eigenvalue weighted by Gasteiger charge is 2.38. The first kappa shape index (κ1) is 22.0. The molecule has 3 heterocycles. The number of hydrogen-bond donors (Lipinski definition) is 2. The van der Waals surface area contributed by atoms with Crippen LogP contribution >= 0.6 is 0 Å². The minimum atomic E-state index is -0.669. The van der Waals surface area contributed by atoms with Gasteiger partial charge in [-0.05, 0) is 12.1 Å². The fourth-order valence-corrected chi connectivity index (χ4v) is 5.97. The van der Waals surface area contributed by atoms with Gasteiger partial charge in [0.25, 0.3) is 0 Å². The van der Waals surface area contributed by atoms with Gasteiger partial charge >= 0.3 is 11.9 Å². The fraction of sp³-hybridized carbons (Fsp3) is 0.200. The van der Waals surface area contributed by atoms with Crippen molar-refractivity contribution in [3.63, 3.8) is 0 Å². The molecule has 0 radical (unpaired) electrons. The number of cyclic esters (lactones) is 2. The normalized spacial score (nSPS) is 25.4. The maximum atomic E-state index is 13.2. The number of rotatable bonds is 4. The number of carbonyl (C=O) groups is 2. The summed E-state index contributed by atoms with van der Waals surface area (Å²) >= 11 is 0. The first-order valence-corrected chi connectivity index (χ1v) is 12.4. The van der Waals surface area contributed by atoms with Crippen molar-refractivity contribution < 1.29 is 24.5 Å². The van der Waals surface area contributed by atoms with Crippen LogP contribution in [0.4, 0.5) is 0 Å². The lowest BCUT2D eigenvalue weighted by atomic mass is 9.95. The van der Waals surface area contributed by atoms with E-state index < -0.39 is 24.1 Å². The molecule has 4 atom stereocenters. The Morgan fingerprint density at radius 1 is 0.649 bits per heavy atom. The van der Waals surface area contributed by atoms with E-state index in [9.17, 15) is 19.8 Å². The van der Waals surface area contributed by atoms with Gasteiger partial charge in [-0.15, -0.1) is 0 Å². The summed E-state index contributed by atoms with van der Waals surface area (Å²) in [5.74, 6) is -1.34. The molecule has 7 rings (SSSR count). The average molecular weight is 493 g/mol. The molecule has 2 aromatic heterocycles. The van der Waals surface area contributed by atoms with Crippen molar-refractivity contribution in [3.05, 3.63) is 96.4 Å². The highest BCUT2D eigenvalue weighted by molar-refractivity contribution is 6.46. The molecule has 0 saturated heterocycles. The standard InChI is InChI=1S/C30H24N2O5/c33-19-11-9-17(13-19)31-15-23(21-5-1-3-7-25(21)31)27-28(30(36)37-29(27)35)24-16-32(18-10-12-20(34)14-18)26-8-4-2-6-22(24)26/h1-12,15-20,33-34H,13-14H2/t17-,18-,19+,20+/m0/s1. The zero-order valence-corrected chi connectivity index (χ0v) is 19.8. The lowest BCUT2D eigenvalue weighted by Crippen LogP contribution is -2.07. The zero-order chi connectivity index (χ0) is 25.3. The first-order chi connectivity index (χ1) is 18.0. The smallest absolute Gasteiger partial charge is 0.347 e. The van der Waals surface area contributed by atoms with Gasteiger partial charge in [0.05, 0.1) is 35.4 Å². The summed E-state index contributed by atoms with van der Waals surface area (Å²) in [5, 5.41) is 21.8. The third-order valence-corrected chi connectivity index (χ3v) is 7.65. The van der Waals surface area contributed by atoms with E-state index in [1.165, 1.54) is 0 Å². The van der Waals surface area contributed by atoms with Crippen LogP contribution in [0, 0.1) is 0 Å². The summed E-state index contributed by atoms with van der Waals surface area (Å²) in [6.45, 7) is 0. The van der Waals surface area contributed by atoms with Crippen molar-refractivity contribution in [1.82, 2.24) is 9.13 Å². The van der Waals surface area contributed by atoms with E-state index in [-0.39, 0.29) is 23.2 Å². The Labute approximate surface area is 212 Å². The number of fused-ring (bicyclic) bond motifs is 2. The minimum Gasteiger partial charge on any atom is -0.389 e. The molecule has 0 unspecified atom stereocenters. The quantitative estimate of drug-likeness (QED) is 0.252. The number of esters is 2. The van der Waals surface area contributed by atoms with Gasteiger partial charge in [0.1, 0.15) is 0 Å². The molecule has 7 nitrogen and oxygen atoms in total. The van der Waals surface area contributed by atoms with Crippen LogP contribution in [0.2, 0.25) is 0 Å². The van der Waals surface area contributed by atoms with E-state index in [4.69, 9.17) is 4.74 Å². The molecule has 2 aliphatic carbocycles. The van der Waals surface area contributed by atoms with Gasteiger partial charge in [0.15, 0.2) is 0 Å². The summed E-state index contributed by atoms with van der Waals surface area (Å²) in [5.41, 5.74) is 3.56. The summed E-state index contributed by atoms with van der Waals surface area (Å²) in [4.78, 5) is 26.4. The van der Waals surface area contributed by atoms with E-state index in [0.29, 0.717) is 24.0 Å². The second-order valence-electron chi connectivity index (χ2n) is 9.87. The molecule has 7 heteroatoms. The van der Waals surface area contributed by atoms with Crippen LogP contribution in [-0.2, 0) is 14.3 Å². The highest BCUT2D eigenvalue weighted by atomic mass is 16.6. The van der Waals surface area contributed by atoms with E-state index in [0.717, 1.165) is 21.8 Å². The number of benzene rings is 2. The van der Waals surface area contributed by atoms with E-state index in [2.05, 4.69) is 0 Å². The SMILES string of the molecule is O=C1OC(=O)C(c2cn([C@H]3C=C[C@@H](O)C3)c3ccccc23)=C1c1cn([C@H]2C=C[C@@H](O)C2)c2ccccc12. The van der Waals surface area contributed by atoms with Crippen LogP contribution in [-0.4, -0.2) is 43.5 Å². The molecule has 2 N–H and O–H groups in total. The Morgan fingerprint density at radius 3 is 1.49 bits per heavy atom. The van der Waals surface area contributed by atoms with Crippen LogP contribution in [0.1, 0.15) is 36.1 Å². The number of allylic oxidation sites excluding steroid dienone is 2. The van der Waals surface area contributed by atoms with E-state index in [1.807, 2.05) is 82.2 Å². The van der Waals surface area contributed by atoms with Gasteiger partial charge in [0.2, 0.25) is 0 Å². The van der Waals surface area contributed by atoms with Gasteiger partial charge < -0.3 is 24.1 Å². The summed E-state index contributed by atoms with van der Waals surface area (Å²) in [7, 11) is 0. The van der Waals surface area contributed by atoms with Gasteiger partial charge in [-0.3, -0.25) is 0 Å². The molecule has 0 saturated carbocycles. The second kappa shape index (κ2) is 8.16. The number of aliphatic hydroxyl groups is 2. The van der Waals surface area contributed by atoms with Crippen molar-refractivity contribution in [2.75, 3.05) is 0 Å². The fourth-order valence-electron chi connectivity index (χ4n) is 5.97. The predicted molar refractivity (Wildman–Crippen MR) is 139 cm³/mol. The number of ether oxygens (including phenoxy) is 1.